The van der Waals surface area contributed by atoms with Crippen molar-refractivity contribution in [2.45, 2.75) is 32.1 Å². The Labute approximate surface area is 152 Å². The summed E-state index contributed by atoms with van der Waals surface area (Å²) in [5, 5.41) is 6.92. The van der Waals surface area contributed by atoms with Crippen molar-refractivity contribution in [3.05, 3.63) is 66.3 Å². The summed E-state index contributed by atoms with van der Waals surface area (Å²) in [6.45, 7) is 0.606. The smallest absolute Gasteiger partial charge is 0.227 e. The Morgan fingerprint density at radius 3 is 2.73 bits per heavy atom. The van der Waals surface area contributed by atoms with E-state index in [1.165, 1.54) is 0 Å². The third kappa shape index (κ3) is 5.51. The number of nitrogens with one attached hydrogen (secondary N) is 1. The second-order valence-corrected chi connectivity index (χ2v) is 6.05. The summed E-state index contributed by atoms with van der Waals surface area (Å²) >= 11 is 0. The number of aromatic nitrogens is 3. The average molecular weight is 350 g/mol. The van der Waals surface area contributed by atoms with Crippen molar-refractivity contribution in [1.82, 2.24) is 20.4 Å². The molecule has 6 nitrogen and oxygen atoms in total. The second-order valence-electron chi connectivity index (χ2n) is 6.05. The highest BCUT2D eigenvalue weighted by Gasteiger charge is 2.08. The first kappa shape index (κ1) is 17.8. The van der Waals surface area contributed by atoms with Gasteiger partial charge in [0.2, 0.25) is 17.6 Å². The molecule has 3 aromatic rings. The highest BCUT2D eigenvalue weighted by molar-refractivity contribution is 5.75. The molecule has 0 spiro atoms. The summed E-state index contributed by atoms with van der Waals surface area (Å²) < 4.78 is 5.26. The van der Waals surface area contributed by atoms with Crippen LogP contribution in [0.5, 0.6) is 0 Å². The molecule has 2 heterocycles. The van der Waals surface area contributed by atoms with E-state index >= 15 is 0 Å². The van der Waals surface area contributed by atoms with Crippen molar-refractivity contribution in [3.8, 4) is 11.4 Å². The van der Waals surface area contributed by atoms with Gasteiger partial charge in [0.05, 0.1) is 0 Å². The molecule has 0 saturated carbocycles. The molecule has 0 atom stereocenters. The zero-order valence-corrected chi connectivity index (χ0v) is 14.6. The van der Waals surface area contributed by atoms with E-state index in [1.54, 1.807) is 6.20 Å². The maximum Gasteiger partial charge on any atom is 0.227 e. The molecule has 1 amide bonds. The van der Waals surface area contributed by atoms with Crippen LogP contribution in [0.4, 0.5) is 0 Å². The van der Waals surface area contributed by atoms with Crippen molar-refractivity contribution in [2.24, 2.45) is 0 Å². The van der Waals surface area contributed by atoms with Crippen LogP contribution in [0.3, 0.4) is 0 Å². The van der Waals surface area contributed by atoms with Crippen molar-refractivity contribution >= 4 is 5.91 Å². The van der Waals surface area contributed by atoms with Crippen LogP contribution in [0.25, 0.3) is 11.4 Å². The first-order valence-electron chi connectivity index (χ1n) is 8.85. The first-order chi connectivity index (χ1) is 12.8. The number of aryl methyl sites for hydroxylation is 2. The van der Waals surface area contributed by atoms with Crippen LogP contribution >= 0.6 is 0 Å². The van der Waals surface area contributed by atoms with Gasteiger partial charge >= 0.3 is 0 Å². The second kappa shape index (κ2) is 9.46. The molecular weight excluding hydrogens is 328 g/mol. The van der Waals surface area contributed by atoms with Gasteiger partial charge in [-0.2, -0.15) is 4.98 Å². The molecule has 1 N–H and O–H groups in total. The molecule has 0 aliphatic carbocycles. The summed E-state index contributed by atoms with van der Waals surface area (Å²) in [5.41, 5.74) is 2.09. The molecule has 0 aliphatic rings. The Morgan fingerprint density at radius 1 is 1.04 bits per heavy atom. The Kier molecular flexibility index (Phi) is 6.47. The Bertz CT molecular complexity index is 803. The van der Waals surface area contributed by atoms with Crippen LogP contribution < -0.4 is 5.32 Å². The van der Waals surface area contributed by atoms with E-state index in [1.807, 2.05) is 48.7 Å². The number of hydrogen-bond donors (Lipinski definition) is 1. The third-order valence-electron chi connectivity index (χ3n) is 3.98. The van der Waals surface area contributed by atoms with E-state index in [9.17, 15) is 4.79 Å². The van der Waals surface area contributed by atoms with Crippen molar-refractivity contribution < 1.29 is 9.32 Å². The minimum absolute atomic E-state index is 0.0735. The molecular formula is C20H22N4O2. The fourth-order valence-electron chi connectivity index (χ4n) is 2.62. The lowest BCUT2D eigenvalue weighted by molar-refractivity contribution is -0.121. The minimum atomic E-state index is 0.0735. The molecule has 0 bridgehead atoms. The number of nitrogens with zero attached hydrogens (tertiary/aromatic N) is 3. The minimum Gasteiger partial charge on any atom is -0.356 e. The van der Waals surface area contributed by atoms with E-state index in [0.29, 0.717) is 31.1 Å². The number of benzene rings is 1. The van der Waals surface area contributed by atoms with Gasteiger partial charge in [-0.15, -0.1) is 0 Å². The standard InChI is InChI=1S/C20H22N4O2/c25-18(11-4-7-16-8-5-13-21-15-16)22-14-6-12-19-23-20(24-26-19)17-9-2-1-3-10-17/h1-3,5,8-10,13,15H,4,6-7,11-12,14H2,(H,22,25). The van der Waals surface area contributed by atoms with Gasteiger partial charge in [0.1, 0.15) is 0 Å². The quantitative estimate of drug-likeness (QED) is 0.599. The van der Waals surface area contributed by atoms with E-state index in [2.05, 4.69) is 20.4 Å². The van der Waals surface area contributed by atoms with Crippen molar-refractivity contribution in [3.63, 3.8) is 0 Å². The Morgan fingerprint density at radius 2 is 1.92 bits per heavy atom. The molecule has 26 heavy (non-hydrogen) atoms. The van der Waals surface area contributed by atoms with Crippen LogP contribution in [0.15, 0.2) is 59.4 Å². The molecule has 0 fully saturated rings. The SMILES string of the molecule is O=C(CCCc1cccnc1)NCCCc1nc(-c2ccccc2)no1. The van der Waals surface area contributed by atoms with Gasteiger partial charge < -0.3 is 9.84 Å². The largest absolute Gasteiger partial charge is 0.356 e. The number of rotatable bonds is 9. The van der Waals surface area contributed by atoms with Crippen LogP contribution in [-0.4, -0.2) is 27.6 Å². The summed E-state index contributed by atoms with van der Waals surface area (Å²) in [7, 11) is 0. The van der Waals surface area contributed by atoms with Crippen LogP contribution in [0.2, 0.25) is 0 Å². The predicted molar refractivity (Wildman–Crippen MR) is 98.2 cm³/mol. The first-order valence-corrected chi connectivity index (χ1v) is 8.85. The number of hydrogen-bond acceptors (Lipinski definition) is 5. The molecule has 0 unspecified atom stereocenters. The summed E-state index contributed by atoms with van der Waals surface area (Å²) in [4.78, 5) is 20.3. The summed E-state index contributed by atoms with van der Waals surface area (Å²) in [5.74, 6) is 1.26. The Hall–Kier alpha value is -3.02. The molecule has 0 aliphatic heterocycles. The van der Waals surface area contributed by atoms with Crippen LogP contribution in [0, 0.1) is 0 Å². The van der Waals surface area contributed by atoms with Gasteiger partial charge in [0.15, 0.2) is 0 Å². The number of carbonyl (C=O) groups is 1. The molecule has 3 rings (SSSR count). The molecule has 0 radical (unpaired) electrons. The van der Waals surface area contributed by atoms with Gasteiger partial charge in [-0.25, -0.2) is 0 Å². The summed E-state index contributed by atoms with van der Waals surface area (Å²) in [6.07, 6.45) is 7.22. The number of carbonyl (C=O) groups excluding carboxylic acids is 1. The van der Waals surface area contributed by atoms with Gasteiger partial charge in [-0.05, 0) is 30.9 Å². The lowest BCUT2D eigenvalue weighted by Crippen LogP contribution is -2.24. The normalized spacial score (nSPS) is 10.6. The molecule has 6 heteroatoms. The van der Waals surface area contributed by atoms with Gasteiger partial charge in [-0.3, -0.25) is 9.78 Å². The fourth-order valence-corrected chi connectivity index (χ4v) is 2.62. The lowest BCUT2D eigenvalue weighted by atomic mass is 10.1. The lowest BCUT2D eigenvalue weighted by Gasteiger charge is -2.04. The number of pyridine rings is 1. The molecule has 2 aromatic heterocycles. The highest BCUT2D eigenvalue weighted by atomic mass is 16.5. The molecule has 134 valence electrons. The topological polar surface area (TPSA) is 80.9 Å². The summed E-state index contributed by atoms with van der Waals surface area (Å²) in [6, 6.07) is 13.7. The molecule has 1 aromatic carbocycles. The van der Waals surface area contributed by atoms with Crippen LogP contribution in [0.1, 0.15) is 30.7 Å². The zero-order chi connectivity index (χ0) is 18.0. The van der Waals surface area contributed by atoms with E-state index in [4.69, 9.17) is 4.52 Å². The van der Waals surface area contributed by atoms with Gasteiger partial charge in [-0.1, -0.05) is 41.6 Å². The number of amides is 1. The maximum atomic E-state index is 11.9. The predicted octanol–water partition coefficient (Wildman–Crippen LogP) is 3.20. The monoisotopic (exact) mass is 350 g/mol. The highest BCUT2D eigenvalue weighted by Crippen LogP contribution is 2.15. The van der Waals surface area contributed by atoms with E-state index < -0.39 is 0 Å². The van der Waals surface area contributed by atoms with Crippen molar-refractivity contribution in [2.75, 3.05) is 6.54 Å². The fraction of sp³-hybridized carbons (Fsp3) is 0.300. The maximum absolute atomic E-state index is 11.9. The Balaban J connectivity index is 1.31. The van der Waals surface area contributed by atoms with Gasteiger partial charge in [0, 0.05) is 37.3 Å². The van der Waals surface area contributed by atoms with Crippen LogP contribution in [-0.2, 0) is 17.6 Å². The zero-order valence-electron chi connectivity index (χ0n) is 14.6. The van der Waals surface area contributed by atoms with E-state index in [0.717, 1.165) is 30.4 Å². The average Bonchev–Trinajstić information content (AvgIpc) is 3.16. The third-order valence-corrected chi connectivity index (χ3v) is 3.98. The molecule has 0 saturated heterocycles. The van der Waals surface area contributed by atoms with Crippen molar-refractivity contribution in [1.29, 1.82) is 0 Å². The van der Waals surface area contributed by atoms with E-state index in [-0.39, 0.29) is 5.91 Å². The van der Waals surface area contributed by atoms with Gasteiger partial charge in [0.25, 0.3) is 0 Å².